The molecule has 1 saturated carbocycles. The van der Waals surface area contributed by atoms with Gasteiger partial charge >= 0.3 is 0 Å². The Balaban J connectivity index is 2.11. The third-order valence-corrected chi connectivity index (χ3v) is 3.85. The van der Waals surface area contributed by atoms with Crippen molar-refractivity contribution in [1.82, 2.24) is 0 Å². The molecule has 4 nitrogen and oxygen atoms in total. The monoisotopic (exact) mass is 257 g/mol. The first-order valence-electron chi connectivity index (χ1n) is 6.67. The molecule has 4 heteroatoms. The minimum Gasteiger partial charge on any atom is -0.327 e. The lowest BCUT2D eigenvalue weighted by Crippen LogP contribution is -2.44. The van der Waals surface area contributed by atoms with Gasteiger partial charge in [-0.1, -0.05) is 12.8 Å². The van der Waals surface area contributed by atoms with Crippen molar-refractivity contribution >= 4 is 11.6 Å². The van der Waals surface area contributed by atoms with Gasteiger partial charge in [-0.25, -0.2) is 0 Å². The van der Waals surface area contributed by atoms with Gasteiger partial charge in [-0.15, -0.1) is 0 Å². The van der Waals surface area contributed by atoms with E-state index in [-0.39, 0.29) is 17.9 Å². The number of anilines is 1. The molecule has 0 radical (unpaired) electrons. The molecule has 2 rings (SSSR count). The number of nitriles is 1. The third-order valence-electron chi connectivity index (χ3n) is 3.85. The molecule has 0 aliphatic heterocycles. The highest BCUT2D eigenvalue weighted by Gasteiger charge is 2.30. The minimum atomic E-state index is -0.0746. The molecule has 1 aromatic rings. The fraction of sp³-hybridized carbons (Fsp3) is 0.467. The van der Waals surface area contributed by atoms with E-state index in [1.165, 1.54) is 0 Å². The Labute approximate surface area is 113 Å². The topological polar surface area (TPSA) is 70.1 Å². The number of hydrogen-bond donors (Lipinski definition) is 1. The summed E-state index contributed by atoms with van der Waals surface area (Å²) in [6, 6.07) is 9.08. The van der Waals surface area contributed by atoms with Gasteiger partial charge < -0.3 is 10.6 Å². The van der Waals surface area contributed by atoms with Crippen molar-refractivity contribution in [2.45, 2.75) is 31.7 Å². The van der Waals surface area contributed by atoms with Crippen LogP contribution >= 0.6 is 0 Å². The molecule has 0 heterocycles. The van der Waals surface area contributed by atoms with Gasteiger partial charge in [0.25, 0.3) is 0 Å². The van der Waals surface area contributed by atoms with Gasteiger partial charge in [0.05, 0.1) is 17.6 Å². The Morgan fingerprint density at radius 2 is 1.95 bits per heavy atom. The number of hydrogen-bond acceptors (Lipinski definition) is 3. The Hall–Kier alpha value is -1.86. The Morgan fingerprint density at radius 3 is 2.53 bits per heavy atom. The number of amides is 1. The number of nitrogens with zero attached hydrogens (tertiary/aromatic N) is 2. The second kappa shape index (κ2) is 5.85. The predicted molar refractivity (Wildman–Crippen MR) is 74.5 cm³/mol. The molecule has 100 valence electrons. The molecule has 0 bridgehead atoms. The molecular formula is C15H19N3O. The molecule has 2 atom stereocenters. The van der Waals surface area contributed by atoms with Crippen molar-refractivity contribution in [1.29, 1.82) is 5.26 Å². The first kappa shape index (κ1) is 13.6. The van der Waals surface area contributed by atoms with Crippen LogP contribution in [0.3, 0.4) is 0 Å². The van der Waals surface area contributed by atoms with Crippen LogP contribution < -0.4 is 10.6 Å². The maximum absolute atomic E-state index is 12.4. The summed E-state index contributed by atoms with van der Waals surface area (Å²) in [5, 5.41) is 8.77. The first-order valence-corrected chi connectivity index (χ1v) is 6.67. The zero-order valence-corrected chi connectivity index (χ0v) is 11.2. The molecule has 0 saturated heterocycles. The highest BCUT2D eigenvalue weighted by molar-refractivity contribution is 5.95. The average molecular weight is 257 g/mol. The molecule has 2 N–H and O–H groups in total. The number of rotatable bonds is 2. The predicted octanol–water partition coefficient (Wildman–Crippen LogP) is 2.04. The van der Waals surface area contributed by atoms with Crippen LogP contribution in [0.2, 0.25) is 0 Å². The summed E-state index contributed by atoms with van der Waals surface area (Å²) in [6.07, 6.45) is 4.00. The smallest absolute Gasteiger partial charge is 0.231 e. The van der Waals surface area contributed by atoms with Crippen LogP contribution in [0.5, 0.6) is 0 Å². The fourth-order valence-electron chi connectivity index (χ4n) is 2.60. The van der Waals surface area contributed by atoms with Crippen LogP contribution in [-0.2, 0) is 4.79 Å². The van der Waals surface area contributed by atoms with E-state index in [2.05, 4.69) is 6.07 Å². The molecular weight excluding hydrogens is 238 g/mol. The SMILES string of the molecule is CN(C(=O)C1CCCCC1N)c1ccc(C#N)cc1. The Bertz CT molecular complexity index is 489. The second-order valence-electron chi connectivity index (χ2n) is 5.11. The van der Waals surface area contributed by atoms with E-state index in [1.54, 1.807) is 36.2 Å². The Kier molecular flexibility index (Phi) is 4.18. The fourth-order valence-corrected chi connectivity index (χ4v) is 2.60. The molecule has 19 heavy (non-hydrogen) atoms. The summed E-state index contributed by atoms with van der Waals surface area (Å²) < 4.78 is 0. The van der Waals surface area contributed by atoms with Gasteiger partial charge in [0.1, 0.15) is 0 Å². The molecule has 2 unspecified atom stereocenters. The summed E-state index contributed by atoms with van der Waals surface area (Å²) in [6.45, 7) is 0. The molecule has 1 amide bonds. The molecule has 1 aliphatic rings. The van der Waals surface area contributed by atoms with Crippen LogP contribution in [-0.4, -0.2) is 19.0 Å². The standard InChI is InChI=1S/C15H19N3O/c1-18(12-8-6-11(10-16)7-9-12)15(19)13-4-2-3-5-14(13)17/h6-9,13-14H,2-5,17H2,1H3. The van der Waals surface area contributed by atoms with E-state index in [9.17, 15) is 4.79 Å². The third kappa shape index (κ3) is 2.94. The van der Waals surface area contributed by atoms with Gasteiger partial charge in [0.2, 0.25) is 5.91 Å². The molecule has 0 aromatic heterocycles. The van der Waals surface area contributed by atoms with Crippen molar-refractivity contribution < 1.29 is 4.79 Å². The highest BCUT2D eigenvalue weighted by atomic mass is 16.2. The van der Waals surface area contributed by atoms with Crippen LogP contribution in [0, 0.1) is 17.2 Å². The lowest BCUT2D eigenvalue weighted by atomic mass is 9.84. The summed E-state index contributed by atoms with van der Waals surface area (Å²) in [7, 11) is 1.77. The van der Waals surface area contributed by atoms with E-state index in [0.29, 0.717) is 5.56 Å². The van der Waals surface area contributed by atoms with E-state index >= 15 is 0 Å². The first-order chi connectivity index (χ1) is 9.13. The van der Waals surface area contributed by atoms with Gasteiger partial charge in [0.15, 0.2) is 0 Å². The largest absolute Gasteiger partial charge is 0.327 e. The number of carbonyl (C=O) groups excluding carboxylic acids is 1. The van der Waals surface area contributed by atoms with Crippen molar-refractivity contribution in [2.75, 3.05) is 11.9 Å². The Morgan fingerprint density at radius 1 is 1.32 bits per heavy atom. The second-order valence-corrected chi connectivity index (χ2v) is 5.11. The summed E-state index contributed by atoms with van der Waals surface area (Å²) in [5.74, 6) is 0.00583. The van der Waals surface area contributed by atoms with Crippen molar-refractivity contribution in [2.24, 2.45) is 11.7 Å². The normalized spacial score (nSPS) is 22.6. The van der Waals surface area contributed by atoms with E-state index in [1.807, 2.05) is 0 Å². The zero-order chi connectivity index (χ0) is 13.8. The molecule has 0 spiro atoms. The van der Waals surface area contributed by atoms with Gasteiger partial charge in [0, 0.05) is 18.8 Å². The van der Waals surface area contributed by atoms with Crippen molar-refractivity contribution in [3.8, 4) is 6.07 Å². The van der Waals surface area contributed by atoms with E-state index in [0.717, 1.165) is 31.4 Å². The number of benzene rings is 1. The van der Waals surface area contributed by atoms with Crippen LogP contribution in [0.4, 0.5) is 5.69 Å². The minimum absolute atomic E-state index is 0.0259. The van der Waals surface area contributed by atoms with E-state index in [4.69, 9.17) is 11.0 Å². The quantitative estimate of drug-likeness (QED) is 0.881. The van der Waals surface area contributed by atoms with Crippen molar-refractivity contribution in [3.63, 3.8) is 0 Å². The van der Waals surface area contributed by atoms with Crippen LogP contribution in [0.1, 0.15) is 31.2 Å². The average Bonchev–Trinajstić information content (AvgIpc) is 2.46. The summed E-state index contributed by atoms with van der Waals surface area (Å²) >= 11 is 0. The van der Waals surface area contributed by atoms with Crippen LogP contribution in [0.25, 0.3) is 0 Å². The molecule has 1 aromatic carbocycles. The van der Waals surface area contributed by atoms with Crippen LogP contribution in [0.15, 0.2) is 24.3 Å². The maximum Gasteiger partial charge on any atom is 0.231 e. The lowest BCUT2D eigenvalue weighted by Gasteiger charge is -2.31. The maximum atomic E-state index is 12.4. The summed E-state index contributed by atoms with van der Waals surface area (Å²) in [4.78, 5) is 14.1. The van der Waals surface area contributed by atoms with Gasteiger partial charge in [-0.2, -0.15) is 5.26 Å². The van der Waals surface area contributed by atoms with Crippen molar-refractivity contribution in [3.05, 3.63) is 29.8 Å². The highest BCUT2D eigenvalue weighted by Crippen LogP contribution is 2.26. The summed E-state index contributed by atoms with van der Waals surface area (Å²) in [5.41, 5.74) is 7.45. The lowest BCUT2D eigenvalue weighted by molar-refractivity contribution is -0.123. The van der Waals surface area contributed by atoms with E-state index < -0.39 is 0 Å². The molecule has 1 aliphatic carbocycles. The number of carbonyl (C=O) groups is 1. The van der Waals surface area contributed by atoms with Gasteiger partial charge in [-0.05, 0) is 37.1 Å². The number of nitrogens with two attached hydrogens (primary N) is 1. The molecule has 1 fully saturated rings. The zero-order valence-electron chi connectivity index (χ0n) is 11.2. The van der Waals surface area contributed by atoms with Gasteiger partial charge in [-0.3, -0.25) is 4.79 Å².